The number of halogens is 2. The number of nitrogens with one attached hydrogen (secondary N) is 1. The molecule has 0 aliphatic carbocycles. The molecule has 2 saturated heterocycles. The van der Waals surface area contributed by atoms with Crippen LogP contribution < -0.4 is 5.32 Å². The number of rotatable bonds is 3. The van der Waals surface area contributed by atoms with E-state index in [-0.39, 0.29) is 17.8 Å². The van der Waals surface area contributed by atoms with Crippen LogP contribution in [0.5, 0.6) is 0 Å². The van der Waals surface area contributed by atoms with E-state index in [9.17, 15) is 9.18 Å². The van der Waals surface area contributed by atoms with Gasteiger partial charge >= 0.3 is 0 Å². The van der Waals surface area contributed by atoms with Crippen molar-refractivity contribution in [1.82, 2.24) is 20.0 Å². The van der Waals surface area contributed by atoms with E-state index in [2.05, 4.69) is 31.2 Å². The Morgan fingerprint density at radius 1 is 1.20 bits per heavy atom. The molecule has 7 heteroatoms. The molecule has 2 atom stereocenters. The van der Waals surface area contributed by atoms with Gasteiger partial charge in [-0.25, -0.2) is 9.07 Å². The van der Waals surface area contributed by atoms with Gasteiger partial charge in [-0.15, -0.1) is 0 Å². The lowest BCUT2D eigenvalue weighted by molar-refractivity contribution is 0.0909. The van der Waals surface area contributed by atoms with E-state index in [4.69, 9.17) is 0 Å². The maximum atomic E-state index is 13.1. The molecule has 0 spiro atoms. The standard InChI is InChI=1S/C18H20BrFN4O/c19-14-11-24(13-6-4-12(20)5-7-13)22-17(14)18(25)21-15-8-10-23-9-2-1-3-16(15)23/h4-7,11,15-16H,1-3,8-10H2,(H,21,25). The van der Waals surface area contributed by atoms with Crippen LogP contribution in [0.1, 0.15) is 36.2 Å². The highest BCUT2D eigenvalue weighted by atomic mass is 79.9. The van der Waals surface area contributed by atoms with Gasteiger partial charge < -0.3 is 5.32 Å². The largest absolute Gasteiger partial charge is 0.346 e. The van der Waals surface area contributed by atoms with Gasteiger partial charge in [-0.3, -0.25) is 9.69 Å². The summed E-state index contributed by atoms with van der Waals surface area (Å²) in [5.41, 5.74) is 1.07. The number of benzene rings is 1. The summed E-state index contributed by atoms with van der Waals surface area (Å²) in [5.74, 6) is -0.462. The SMILES string of the molecule is O=C(NC1CCN2CCCCC12)c1nn(-c2ccc(F)cc2)cc1Br. The molecular weight excluding hydrogens is 387 g/mol. The monoisotopic (exact) mass is 406 g/mol. The Hall–Kier alpha value is -1.73. The number of hydrogen-bond acceptors (Lipinski definition) is 3. The van der Waals surface area contributed by atoms with Gasteiger partial charge in [0.25, 0.3) is 5.91 Å². The van der Waals surface area contributed by atoms with Crippen molar-refractivity contribution in [1.29, 1.82) is 0 Å². The molecule has 0 radical (unpaired) electrons. The first-order valence-electron chi connectivity index (χ1n) is 8.68. The van der Waals surface area contributed by atoms with Gasteiger partial charge in [-0.2, -0.15) is 5.10 Å². The van der Waals surface area contributed by atoms with Crippen molar-refractivity contribution in [3.8, 4) is 5.69 Å². The van der Waals surface area contributed by atoms with Crippen LogP contribution in [0, 0.1) is 5.82 Å². The van der Waals surface area contributed by atoms with Crippen LogP contribution in [-0.2, 0) is 0 Å². The Labute approximate surface area is 154 Å². The average Bonchev–Trinajstić information content (AvgIpc) is 3.20. The van der Waals surface area contributed by atoms with Crippen LogP contribution in [0.2, 0.25) is 0 Å². The average molecular weight is 407 g/mol. The number of fused-ring (bicyclic) bond motifs is 1. The van der Waals surface area contributed by atoms with E-state index in [1.807, 2.05) is 0 Å². The molecule has 25 heavy (non-hydrogen) atoms. The van der Waals surface area contributed by atoms with Crippen molar-refractivity contribution in [2.24, 2.45) is 0 Å². The summed E-state index contributed by atoms with van der Waals surface area (Å²) in [7, 11) is 0. The van der Waals surface area contributed by atoms with Crippen LogP contribution >= 0.6 is 15.9 Å². The molecular formula is C18H20BrFN4O. The zero-order valence-corrected chi connectivity index (χ0v) is 15.4. The van der Waals surface area contributed by atoms with Crippen molar-refractivity contribution in [3.63, 3.8) is 0 Å². The predicted molar refractivity (Wildman–Crippen MR) is 96.3 cm³/mol. The minimum atomic E-state index is -0.300. The summed E-state index contributed by atoms with van der Waals surface area (Å²) in [6, 6.07) is 6.66. The molecule has 2 fully saturated rings. The molecule has 2 aliphatic rings. The highest BCUT2D eigenvalue weighted by Crippen LogP contribution is 2.27. The molecule has 2 aromatic rings. The van der Waals surface area contributed by atoms with Gasteiger partial charge in [0.2, 0.25) is 0 Å². The fraction of sp³-hybridized carbons (Fsp3) is 0.444. The Bertz CT molecular complexity index is 776. The first kappa shape index (κ1) is 16.7. The Morgan fingerprint density at radius 3 is 2.80 bits per heavy atom. The number of piperidine rings is 1. The van der Waals surface area contributed by atoms with Crippen LogP contribution in [0.4, 0.5) is 4.39 Å². The smallest absolute Gasteiger partial charge is 0.273 e. The van der Waals surface area contributed by atoms with E-state index in [1.54, 1.807) is 23.0 Å². The third kappa shape index (κ3) is 3.35. The van der Waals surface area contributed by atoms with E-state index in [0.29, 0.717) is 21.9 Å². The van der Waals surface area contributed by atoms with E-state index >= 15 is 0 Å². The summed E-state index contributed by atoms with van der Waals surface area (Å²) in [5, 5.41) is 7.54. The summed E-state index contributed by atoms with van der Waals surface area (Å²) in [6.07, 6.45) is 6.35. The Kier molecular flexibility index (Phi) is 4.60. The zero-order chi connectivity index (χ0) is 17.4. The molecule has 132 valence electrons. The lowest BCUT2D eigenvalue weighted by Gasteiger charge is -2.32. The fourth-order valence-electron chi connectivity index (χ4n) is 3.89. The maximum absolute atomic E-state index is 13.1. The number of aromatic nitrogens is 2. The number of hydrogen-bond donors (Lipinski definition) is 1. The minimum absolute atomic E-state index is 0.162. The topological polar surface area (TPSA) is 50.2 Å². The van der Waals surface area contributed by atoms with E-state index in [1.165, 1.54) is 25.0 Å². The highest BCUT2D eigenvalue weighted by Gasteiger charge is 2.36. The van der Waals surface area contributed by atoms with E-state index in [0.717, 1.165) is 25.9 Å². The lowest BCUT2D eigenvalue weighted by Crippen LogP contribution is -2.46. The molecule has 4 rings (SSSR count). The lowest BCUT2D eigenvalue weighted by atomic mass is 9.99. The fourth-order valence-corrected chi connectivity index (χ4v) is 4.34. The molecule has 3 heterocycles. The van der Waals surface area contributed by atoms with Gasteiger partial charge in [0.05, 0.1) is 10.2 Å². The van der Waals surface area contributed by atoms with Crippen molar-refractivity contribution in [2.75, 3.05) is 13.1 Å². The molecule has 2 unspecified atom stereocenters. The Morgan fingerprint density at radius 2 is 2.00 bits per heavy atom. The normalized spacial score (nSPS) is 23.4. The van der Waals surface area contributed by atoms with Gasteiger partial charge in [-0.05, 0) is 66.0 Å². The van der Waals surface area contributed by atoms with Gasteiger partial charge in [0.15, 0.2) is 5.69 Å². The van der Waals surface area contributed by atoms with Crippen molar-refractivity contribution in [2.45, 2.75) is 37.8 Å². The third-order valence-corrected chi connectivity index (χ3v) is 5.73. The van der Waals surface area contributed by atoms with Crippen LogP contribution in [0.25, 0.3) is 5.69 Å². The second-order valence-corrected chi connectivity index (χ2v) is 7.57. The second-order valence-electron chi connectivity index (χ2n) is 6.71. The molecule has 0 bridgehead atoms. The molecule has 1 amide bonds. The number of carbonyl (C=O) groups is 1. The summed E-state index contributed by atoms with van der Waals surface area (Å²) in [6.45, 7) is 2.20. The Balaban J connectivity index is 1.50. The molecule has 0 saturated carbocycles. The first-order chi connectivity index (χ1) is 12.1. The van der Waals surface area contributed by atoms with Crippen molar-refractivity contribution in [3.05, 3.63) is 46.4 Å². The summed E-state index contributed by atoms with van der Waals surface area (Å²) < 4.78 is 15.3. The number of carbonyl (C=O) groups excluding carboxylic acids is 1. The predicted octanol–water partition coefficient (Wildman–Crippen LogP) is 3.13. The molecule has 5 nitrogen and oxygen atoms in total. The first-order valence-corrected chi connectivity index (χ1v) is 9.47. The summed E-state index contributed by atoms with van der Waals surface area (Å²) in [4.78, 5) is 15.2. The highest BCUT2D eigenvalue weighted by molar-refractivity contribution is 9.10. The van der Waals surface area contributed by atoms with Gasteiger partial charge in [0, 0.05) is 24.8 Å². The number of nitrogens with zero attached hydrogens (tertiary/aromatic N) is 3. The zero-order valence-electron chi connectivity index (χ0n) is 13.8. The molecule has 1 aromatic carbocycles. The molecule has 1 N–H and O–H groups in total. The summed E-state index contributed by atoms with van der Waals surface area (Å²) >= 11 is 3.42. The third-order valence-electron chi connectivity index (χ3n) is 5.15. The van der Waals surface area contributed by atoms with Crippen LogP contribution in [0.15, 0.2) is 34.9 Å². The quantitative estimate of drug-likeness (QED) is 0.851. The minimum Gasteiger partial charge on any atom is -0.346 e. The van der Waals surface area contributed by atoms with Crippen molar-refractivity contribution < 1.29 is 9.18 Å². The van der Waals surface area contributed by atoms with Crippen molar-refractivity contribution >= 4 is 21.8 Å². The van der Waals surface area contributed by atoms with Gasteiger partial charge in [-0.1, -0.05) is 6.42 Å². The maximum Gasteiger partial charge on any atom is 0.273 e. The second kappa shape index (κ2) is 6.88. The number of amides is 1. The van der Waals surface area contributed by atoms with Gasteiger partial charge in [0.1, 0.15) is 5.82 Å². The molecule has 2 aliphatic heterocycles. The van der Waals surface area contributed by atoms with Crippen LogP contribution in [0.3, 0.4) is 0 Å². The van der Waals surface area contributed by atoms with Crippen LogP contribution in [-0.4, -0.2) is 45.8 Å². The van der Waals surface area contributed by atoms with E-state index < -0.39 is 0 Å². The molecule has 1 aromatic heterocycles.